The molecule has 0 saturated carbocycles. The maximum absolute atomic E-state index is 11.0. The molecule has 0 aromatic rings. The smallest absolute Gasteiger partial charge is 0.339 e. The summed E-state index contributed by atoms with van der Waals surface area (Å²) in [6, 6.07) is 0. The van der Waals surface area contributed by atoms with Gasteiger partial charge in [-0.1, -0.05) is 16.1 Å². The van der Waals surface area contributed by atoms with Crippen LogP contribution in [0.1, 0.15) is 0 Å². The first-order valence-electron chi connectivity index (χ1n) is 4.46. The molecule has 0 saturated heterocycles. The van der Waals surface area contributed by atoms with Crippen molar-refractivity contribution in [2.45, 2.75) is 0 Å². The molecule has 2 rings (SSSR count). The van der Waals surface area contributed by atoms with Crippen LogP contribution in [0.3, 0.4) is 0 Å². The molecule has 22 heavy (non-hydrogen) atoms. The minimum absolute atomic E-state index is 0.451. The molecule has 0 fully saturated rings. The summed E-state index contributed by atoms with van der Waals surface area (Å²) in [6.07, 6.45) is 0.902. The second-order valence-electron chi connectivity index (χ2n) is 3.17. The Labute approximate surface area is 123 Å². The van der Waals surface area contributed by atoms with Crippen molar-refractivity contribution < 1.29 is 49.3 Å². The minimum atomic E-state index is -4.95. The number of hydrogen-bond donors (Lipinski definition) is 0. The average Bonchev–Trinajstić information content (AvgIpc) is 2.17. The Morgan fingerprint density at radius 2 is 0.955 bits per heavy atom. The highest BCUT2D eigenvalue weighted by atomic mass is 32.3. The monoisotopic (exact) mass is 398 g/mol. The lowest BCUT2D eigenvalue weighted by molar-refractivity contribution is 0.371. The molecule has 0 atom stereocenters. The van der Waals surface area contributed by atoms with E-state index < -0.39 is 53.2 Å². The number of rotatable bonds is 2. The van der Waals surface area contributed by atoms with Gasteiger partial charge in [-0.2, -0.15) is 33.7 Å². The van der Waals surface area contributed by atoms with Gasteiger partial charge in [0.25, 0.3) is 0 Å². The second-order valence-corrected chi connectivity index (χ2v) is 8.30. The first-order chi connectivity index (χ1) is 9.78. The van der Waals surface area contributed by atoms with E-state index in [4.69, 9.17) is 0 Å². The van der Waals surface area contributed by atoms with E-state index in [0.29, 0.717) is 12.2 Å². The Hall–Kier alpha value is -1.60. The molecule has 14 nitrogen and oxygen atoms in total. The number of nitrogens with zero attached hydrogens (tertiary/aromatic N) is 2. The Morgan fingerprint density at radius 3 is 1.23 bits per heavy atom. The van der Waals surface area contributed by atoms with E-state index in [1.54, 1.807) is 0 Å². The van der Waals surface area contributed by atoms with Crippen LogP contribution in [0, 0.1) is 0 Å². The van der Waals surface area contributed by atoms with E-state index in [1.807, 2.05) is 0 Å². The van der Waals surface area contributed by atoms with Crippen molar-refractivity contribution in [2.75, 3.05) is 0 Å². The molecule has 0 amide bonds. The van der Waals surface area contributed by atoms with E-state index >= 15 is 0 Å². The van der Waals surface area contributed by atoms with Crippen LogP contribution in [0.5, 0.6) is 0 Å². The van der Waals surface area contributed by atoms with E-state index in [-0.39, 0.29) is 0 Å². The first kappa shape index (κ1) is 16.8. The van der Waals surface area contributed by atoms with E-state index in [2.05, 4.69) is 24.4 Å². The van der Waals surface area contributed by atoms with Crippen LogP contribution in [0.4, 0.5) is 0 Å². The third-order valence-corrected chi connectivity index (χ3v) is 5.75. The maximum Gasteiger partial charge on any atom is 0.466 e. The lowest BCUT2D eigenvalue weighted by Crippen LogP contribution is -2.26. The highest BCUT2D eigenvalue weighted by Crippen LogP contribution is 2.16. The summed E-state index contributed by atoms with van der Waals surface area (Å²) in [4.78, 5) is 0. The molecular formula is C4H2N2O12S4. The largest absolute Gasteiger partial charge is 0.466 e. The first-order valence-corrected chi connectivity index (χ1v) is 9.86. The maximum atomic E-state index is 11.0. The highest BCUT2D eigenvalue weighted by molar-refractivity contribution is 7.98. The van der Waals surface area contributed by atoms with Crippen molar-refractivity contribution in [3.8, 4) is 0 Å². The molecule has 2 aliphatic heterocycles. The van der Waals surface area contributed by atoms with Crippen LogP contribution in [0.25, 0.3) is 0 Å². The normalized spacial score (nSPS) is 28.0. The van der Waals surface area contributed by atoms with Crippen LogP contribution in [0.2, 0.25) is 0 Å². The Bertz CT molecular complexity index is 923. The predicted molar refractivity (Wildman–Crippen MR) is 64.0 cm³/mol. The molecule has 18 heteroatoms. The summed E-state index contributed by atoms with van der Waals surface area (Å²) < 4.78 is 108. The van der Waals surface area contributed by atoms with E-state index in [0.717, 1.165) is 0 Å². The van der Waals surface area contributed by atoms with E-state index in [9.17, 15) is 33.7 Å². The van der Waals surface area contributed by atoms with Crippen molar-refractivity contribution >= 4 is 53.2 Å². The van der Waals surface area contributed by atoms with Crippen molar-refractivity contribution in [2.24, 2.45) is 8.80 Å². The van der Waals surface area contributed by atoms with Gasteiger partial charge in [0.05, 0.1) is 0 Å². The minimum Gasteiger partial charge on any atom is -0.339 e. The zero-order chi connectivity index (χ0) is 16.8. The van der Waals surface area contributed by atoms with Crippen molar-refractivity contribution in [3.63, 3.8) is 0 Å². The van der Waals surface area contributed by atoms with Gasteiger partial charge < -0.3 is 8.37 Å². The zero-order valence-corrected chi connectivity index (χ0v) is 12.8. The van der Waals surface area contributed by atoms with Gasteiger partial charge in [0.1, 0.15) is 0 Å². The quantitative estimate of drug-likeness (QED) is 0.471. The molecule has 0 bridgehead atoms. The molecular weight excluding hydrogens is 396 g/mol. The van der Waals surface area contributed by atoms with Crippen molar-refractivity contribution in [1.82, 2.24) is 0 Å². The van der Waals surface area contributed by atoms with Crippen molar-refractivity contribution in [1.29, 1.82) is 0 Å². The molecule has 0 spiro atoms. The van der Waals surface area contributed by atoms with Crippen molar-refractivity contribution in [3.05, 3.63) is 12.2 Å². The SMILES string of the molecule is O=S1(=O)N=C(/C=C/C2=NS(=O)(=O)OS(=O)(=O)O2)OS(=O)(=O)O1. The fourth-order valence-corrected chi connectivity index (χ4v) is 4.47. The molecule has 0 N–H and O–H groups in total. The third-order valence-electron chi connectivity index (χ3n) is 1.49. The molecule has 0 radical (unpaired) electrons. The standard InChI is InChI=1S/C4H2N2O12S4/c7-19(8)5-3(15-21(11,12)17-19)1-2-4-6-20(9,10)18-22(13,14)16-4/h1-2H/b2-1+. The Kier molecular flexibility index (Phi) is 3.78. The molecule has 0 aromatic heterocycles. The van der Waals surface area contributed by atoms with Gasteiger partial charge in [-0.25, -0.2) is 0 Å². The summed E-state index contributed by atoms with van der Waals surface area (Å²) in [6.45, 7) is 0. The molecule has 124 valence electrons. The average molecular weight is 398 g/mol. The highest BCUT2D eigenvalue weighted by Gasteiger charge is 2.33. The lowest BCUT2D eigenvalue weighted by atomic mass is 10.5. The molecule has 2 heterocycles. The fourth-order valence-electron chi connectivity index (χ4n) is 0.988. The van der Waals surface area contributed by atoms with Crippen LogP contribution >= 0.6 is 0 Å². The molecule has 2 aliphatic rings. The third kappa shape index (κ3) is 4.45. The second kappa shape index (κ2) is 4.96. The van der Waals surface area contributed by atoms with Gasteiger partial charge in [0.2, 0.25) is 11.8 Å². The van der Waals surface area contributed by atoms with Gasteiger partial charge in [0, 0.05) is 12.2 Å². The van der Waals surface area contributed by atoms with Crippen LogP contribution < -0.4 is 0 Å². The summed E-state index contributed by atoms with van der Waals surface area (Å²) in [5.41, 5.74) is 0. The topological polar surface area (TPSA) is 198 Å². The van der Waals surface area contributed by atoms with Gasteiger partial charge in [-0.15, -0.1) is 0 Å². The van der Waals surface area contributed by atoms with Crippen LogP contribution in [-0.4, -0.2) is 45.5 Å². The Balaban J connectivity index is 2.37. The van der Waals surface area contributed by atoms with Gasteiger partial charge in [-0.3, -0.25) is 0 Å². The Morgan fingerprint density at radius 1 is 0.636 bits per heavy atom. The lowest BCUT2D eigenvalue weighted by Gasteiger charge is -2.11. The summed E-state index contributed by atoms with van der Waals surface area (Å²) >= 11 is 0. The molecule has 0 unspecified atom stereocenters. The zero-order valence-electron chi connectivity index (χ0n) is 9.58. The van der Waals surface area contributed by atoms with Gasteiger partial charge in [-0.05, 0) is 0 Å². The molecule has 0 aromatic carbocycles. The van der Waals surface area contributed by atoms with Crippen LogP contribution in [0.15, 0.2) is 20.9 Å². The van der Waals surface area contributed by atoms with E-state index in [1.165, 1.54) is 0 Å². The van der Waals surface area contributed by atoms with Gasteiger partial charge >= 0.3 is 41.4 Å². The predicted octanol–water partition coefficient (Wildman–Crippen LogP) is -2.59. The van der Waals surface area contributed by atoms with Crippen LogP contribution in [-0.2, 0) is 57.0 Å². The molecule has 0 aliphatic carbocycles. The summed E-state index contributed by atoms with van der Waals surface area (Å²) in [7, 11) is -19.6. The summed E-state index contributed by atoms with van der Waals surface area (Å²) in [5, 5.41) is 0. The fraction of sp³-hybridized carbons (Fsp3) is 0. The van der Waals surface area contributed by atoms with Gasteiger partial charge in [0.15, 0.2) is 0 Å². The summed E-state index contributed by atoms with van der Waals surface area (Å²) in [5.74, 6) is -2.17. The number of hydrogen-bond acceptors (Lipinski definition) is 12.